The molecule has 0 amide bonds. The van der Waals surface area contributed by atoms with Gasteiger partial charge in [-0.25, -0.2) is 0 Å². The Balaban J connectivity index is 0.000000210. The molecule has 2 aliphatic heterocycles. The Bertz CT molecular complexity index is 1690. The van der Waals surface area contributed by atoms with E-state index in [0.29, 0.717) is 11.9 Å². The molecule has 0 aliphatic carbocycles. The number of anilines is 2. The van der Waals surface area contributed by atoms with Gasteiger partial charge in [-0.1, -0.05) is 60.7 Å². The summed E-state index contributed by atoms with van der Waals surface area (Å²) in [5.41, 5.74) is 6.53. The summed E-state index contributed by atoms with van der Waals surface area (Å²) in [6.45, 7) is 3.38. The van der Waals surface area contributed by atoms with E-state index in [2.05, 4.69) is 127 Å². The first kappa shape index (κ1) is 42.1. The van der Waals surface area contributed by atoms with Crippen LogP contribution in [0.5, 0.6) is 0 Å². The molecule has 0 radical (unpaired) electrons. The van der Waals surface area contributed by atoms with Crippen LogP contribution in [0.1, 0.15) is 11.1 Å². The maximum atomic E-state index is 5.05. The van der Waals surface area contributed by atoms with E-state index >= 15 is 0 Å². The van der Waals surface area contributed by atoms with Crippen LogP contribution in [0, 0.1) is 0 Å². The van der Waals surface area contributed by atoms with E-state index in [-0.39, 0.29) is 0 Å². The number of nitrogens with one attached hydrogen (secondary N) is 2. The van der Waals surface area contributed by atoms with Crippen molar-refractivity contribution in [1.29, 1.82) is 0 Å². The average molecular weight is 854 g/mol. The van der Waals surface area contributed by atoms with E-state index in [1.165, 1.54) is 11.1 Å². The van der Waals surface area contributed by atoms with Crippen LogP contribution in [0.2, 0.25) is 0 Å². The predicted molar refractivity (Wildman–Crippen MR) is 216 cm³/mol. The van der Waals surface area contributed by atoms with E-state index < -0.39 is 10.8 Å². The van der Waals surface area contributed by atoms with E-state index in [9.17, 15) is 0 Å². The number of halogens is 4. The fraction of sp³-hybridized carbons (Fsp3) is 0.278. The summed E-state index contributed by atoms with van der Waals surface area (Å²) in [4.78, 5) is 8.40. The SMILES string of the molecule is CN1C[NH+](C)N=C1N=Nc1ccc(N(C)Cc2ccccc2)cc1.CN1C[NH+](C)N=C1N=Nc1ccc(N(C)Cc2ccccc2)cc1.[Cl][Zn-2]([Cl])([Cl])[Cl]. The van der Waals surface area contributed by atoms with Gasteiger partial charge in [-0.15, -0.1) is 20.5 Å². The molecule has 2 heterocycles. The van der Waals surface area contributed by atoms with Gasteiger partial charge >= 0.3 is 61.5 Å². The molecule has 0 saturated heterocycles. The first-order valence-corrected chi connectivity index (χ1v) is 32.7. The Morgan fingerprint density at radius 3 is 1.17 bits per heavy atom. The van der Waals surface area contributed by atoms with Gasteiger partial charge in [-0.05, 0) is 69.9 Å². The Kier molecular flexibility index (Phi) is 16.4. The van der Waals surface area contributed by atoms with Crippen LogP contribution in [0.15, 0.2) is 140 Å². The van der Waals surface area contributed by atoms with Crippen LogP contribution in [0.4, 0.5) is 22.7 Å². The van der Waals surface area contributed by atoms with Crippen molar-refractivity contribution >= 4 is 73.4 Å². The summed E-state index contributed by atoms with van der Waals surface area (Å²) in [5, 5.41) is 27.9. The molecule has 0 spiro atoms. The summed E-state index contributed by atoms with van der Waals surface area (Å²) < 4.78 is 0. The van der Waals surface area contributed by atoms with Gasteiger partial charge in [-0.3, -0.25) is 9.80 Å². The molecule has 4 aromatic rings. The molecule has 280 valence electrons. The summed E-state index contributed by atoms with van der Waals surface area (Å²) in [5.74, 6) is 1.33. The van der Waals surface area contributed by atoms with Gasteiger partial charge in [0, 0.05) is 52.7 Å². The van der Waals surface area contributed by atoms with Crippen LogP contribution in [0.3, 0.4) is 0 Å². The molecular formula is C36H46Cl4N12Zn. The maximum absolute atomic E-state index is 5.05. The Labute approximate surface area is 331 Å². The van der Waals surface area contributed by atoms with Crippen molar-refractivity contribution in [2.24, 2.45) is 30.7 Å². The van der Waals surface area contributed by atoms with Gasteiger partial charge in [0.05, 0.1) is 25.5 Å². The fourth-order valence-electron chi connectivity index (χ4n) is 5.26. The van der Waals surface area contributed by atoms with Gasteiger partial charge < -0.3 is 9.80 Å². The van der Waals surface area contributed by atoms with Crippen molar-refractivity contribution in [2.75, 3.05) is 65.4 Å². The van der Waals surface area contributed by atoms with Crippen LogP contribution in [-0.2, 0) is 23.9 Å². The van der Waals surface area contributed by atoms with Gasteiger partial charge in [0.1, 0.15) is 0 Å². The third-order valence-electron chi connectivity index (χ3n) is 7.81. The summed E-state index contributed by atoms with van der Waals surface area (Å²) in [7, 11) is 28.9. The zero-order valence-electron chi connectivity index (χ0n) is 30.9. The molecule has 2 atom stereocenters. The number of rotatable bonds is 8. The molecule has 0 fully saturated rings. The van der Waals surface area contributed by atoms with Crippen molar-refractivity contribution in [3.05, 3.63) is 120 Å². The molecule has 0 bridgehead atoms. The molecule has 2 unspecified atom stereocenters. The van der Waals surface area contributed by atoms with Crippen LogP contribution in [-0.4, -0.2) is 77.3 Å². The topological polar surface area (TPSA) is 96.0 Å². The Morgan fingerprint density at radius 2 is 0.887 bits per heavy atom. The monoisotopic (exact) mass is 850 g/mol. The Hall–Kier alpha value is -3.68. The quantitative estimate of drug-likeness (QED) is 0.148. The molecule has 53 heavy (non-hydrogen) atoms. The van der Waals surface area contributed by atoms with Gasteiger partial charge in [-0.2, -0.15) is 10.0 Å². The van der Waals surface area contributed by atoms with E-state index in [0.717, 1.165) is 59.2 Å². The molecule has 12 nitrogen and oxygen atoms in total. The number of hydrogen-bond acceptors (Lipinski definition) is 10. The van der Waals surface area contributed by atoms with Crippen LogP contribution in [0.25, 0.3) is 0 Å². The van der Waals surface area contributed by atoms with Crippen molar-refractivity contribution in [3.63, 3.8) is 0 Å². The second-order valence-corrected chi connectivity index (χ2v) is 40.5. The van der Waals surface area contributed by atoms with Crippen molar-refractivity contribution in [3.8, 4) is 0 Å². The Morgan fingerprint density at radius 1 is 0.566 bits per heavy atom. The molecule has 17 heteroatoms. The summed E-state index contributed by atoms with van der Waals surface area (Å²) >= 11 is 0. The third kappa shape index (κ3) is 15.3. The zero-order chi connectivity index (χ0) is 38.4. The standard InChI is InChI=1S/2C18H22N6.4ClH.Zn/c2*1-22(13-15-7-5-4-6-8-15)17-11-9-16(10-12-17)19-20-18-21-24(3)14-23(18)2;;;;;/h2*4-12H,13-14H2,1-3H3;4*1H;/q;;;;;;+2/p-2. The normalized spacial score (nSPS) is 16.9. The zero-order valence-corrected chi connectivity index (χ0v) is 36.9. The van der Waals surface area contributed by atoms with Gasteiger partial charge in [0.25, 0.3) is 0 Å². The minimum absolute atomic E-state index is 0.665. The molecule has 2 N–H and O–H groups in total. The number of azo groups is 2. The minimum atomic E-state index is -3.36. The number of nitrogens with zero attached hydrogens (tertiary/aromatic N) is 10. The predicted octanol–water partition coefficient (Wildman–Crippen LogP) is 6.95. The van der Waals surface area contributed by atoms with Crippen molar-refractivity contribution < 1.29 is 20.8 Å². The van der Waals surface area contributed by atoms with Gasteiger partial charge in [0.2, 0.25) is 0 Å². The molecule has 2 aliphatic rings. The molecule has 0 saturated carbocycles. The fourth-order valence-corrected chi connectivity index (χ4v) is 5.26. The number of guanidine groups is 2. The first-order valence-electron chi connectivity index (χ1n) is 17.1. The third-order valence-corrected chi connectivity index (χ3v) is 7.81. The summed E-state index contributed by atoms with van der Waals surface area (Å²) in [6.07, 6.45) is 0. The van der Waals surface area contributed by atoms with Crippen LogP contribution >= 0.6 is 38.8 Å². The van der Waals surface area contributed by atoms with E-state index in [4.69, 9.17) is 38.8 Å². The second kappa shape index (κ2) is 20.7. The summed E-state index contributed by atoms with van der Waals surface area (Å²) in [6, 6.07) is 37.0. The van der Waals surface area contributed by atoms with Gasteiger partial charge in [0.15, 0.2) is 13.3 Å². The molecular weight excluding hydrogens is 808 g/mol. The molecule has 4 aromatic carbocycles. The number of hydrogen-bond donors (Lipinski definition) is 2. The van der Waals surface area contributed by atoms with Crippen LogP contribution < -0.4 is 19.8 Å². The molecule has 6 rings (SSSR count). The average Bonchev–Trinajstić information content (AvgIpc) is 3.63. The van der Waals surface area contributed by atoms with E-state index in [1.54, 1.807) is 0 Å². The number of quaternary nitrogens is 2. The second-order valence-electron chi connectivity index (χ2n) is 12.7. The molecule has 0 aromatic heterocycles. The van der Waals surface area contributed by atoms with Crippen molar-refractivity contribution in [2.45, 2.75) is 13.1 Å². The number of benzene rings is 4. The first-order chi connectivity index (χ1) is 25.2. The van der Waals surface area contributed by atoms with Crippen molar-refractivity contribution in [1.82, 2.24) is 9.80 Å². The van der Waals surface area contributed by atoms with E-state index in [1.807, 2.05) is 74.4 Å².